The highest BCUT2D eigenvalue weighted by Crippen LogP contribution is 2.36. The summed E-state index contributed by atoms with van der Waals surface area (Å²) in [5, 5.41) is 0. The minimum atomic E-state index is -0.223. The topological polar surface area (TPSA) is 40.6 Å². The van der Waals surface area contributed by atoms with Crippen molar-refractivity contribution in [3.63, 3.8) is 0 Å². The molecule has 4 heteroatoms. The number of benzene rings is 2. The molecule has 0 aliphatic carbocycles. The standard InChI is InChI=1S/C24H26N2O2/c1-4-18-8-11-20(12-9-18)26-23(27)21(19-10-7-16(2)17(3)15-19)22(24(26)28)25-13-5-6-14-25/h7-12,15H,4-6,13-14H2,1-3H3. The molecular formula is C24H26N2O2. The Morgan fingerprint density at radius 3 is 2.14 bits per heavy atom. The molecule has 4 nitrogen and oxygen atoms in total. The summed E-state index contributed by atoms with van der Waals surface area (Å²) in [6, 6.07) is 13.7. The van der Waals surface area contributed by atoms with Crippen molar-refractivity contribution in [2.75, 3.05) is 18.0 Å². The predicted octanol–water partition coefficient (Wildman–Crippen LogP) is 4.25. The molecule has 0 aromatic heterocycles. The molecule has 0 atom stereocenters. The summed E-state index contributed by atoms with van der Waals surface area (Å²) in [4.78, 5) is 30.3. The molecule has 144 valence electrons. The highest BCUT2D eigenvalue weighted by atomic mass is 16.2. The van der Waals surface area contributed by atoms with Crippen LogP contribution in [0.5, 0.6) is 0 Å². The van der Waals surface area contributed by atoms with Gasteiger partial charge in [0.25, 0.3) is 11.8 Å². The van der Waals surface area contributed by atoms with Gasteiger partial charge in [0.2, 0.25) is 0 Å². The van der Waals surface area contributed by atoms with Crippen LogP contribution in [0.2, 0.25) is 0 Å². The number of imide groups is 1. The van der Waals surface area contributed by atoms with Crippen LogP contribution in [0.15, 0.2) is 48.2 Å². The number of hydrogen-bond donors (Lipinski definition) is 0. The third kappa shape index (κ3) is 3.03. The molecule has 4 rings (SSSR count). The molecule has 2 aliphatic heterocycles. The molecule has 2 aliphatic rings. The number of hydrogen-bond acceptors (Lipinski definition) is 3. The van der Waals surface area contributed by atoms with Crippen molar-refractivity contribution in [2.24, 2.45) is 0 Å². The Hall–Kier alpha value is -2.88. The second-order valence-corrected chi connectivity index (χ2v) is 7.68. The van der Waals surface area contributed by atoms with Gasteiger partial charge in [-0.1, -0.05) is 37.3 Å². The Labute approximate surface area is 166 Å². The summed E-state index contributed by atoms with van der Waals surface area (Å²) in [5.74, 6) is -0.427. The average Bonchev–Trinajstić information content (AvgIpc) is 3.30. The SMILES string of the molecule is CCc1ccc(N2C(=O)C(c3ccc(C)c(C)c3)=C(N3CCCC3)C2=O)cc1. The molecule has 1 fully saturated rings. The third-order valence-electron chi connectivity index (χ3n) is 5.88. The van der Waals surface area contributed by atoms with E-state index in [0.717, 1.165) is 43.5 Å². The van der Waals surface area contributed by atoms with Gasteiger partial charge in [0.1, 0.15) is 5.70 Å². The van der Waals surface area contributed by atoms with Crippen molar-refractivity contribution in [2.45, 2.75) is 40.0 Å². The van der Waals surface area contributed by atoms with Gasteiger partial charge in [0, 0.05) is 13.1 Å². The Morgan fingerprint density at radius 2 is 1.54 bits per heavy atom. The molecule has 2 amide bonds. The maximum Gasteiger partial charge on any atom is 0.282 e. The van der Waals surface area contributed by atoms with Gasteiger partial charge in [0.05, 0.1) is 11.3 Å². The van der Waals surface area contributed by atoms with Crippen LogP contribution in [0.3, 0.4) is 0 Å². The first-order valence-corrected chi connectivity index (χ1v) is 10.1. The van der Waals surface area contributed by atoms with Crippen LogP contribution < -0.4 is 4.90 Å². The van der Waals surface area contributed by atoms with E-state index in [-0.39, 0.29) is 11.8 Å². The summed E-state index contributed by atoms with van der Waals surface area (Å²) < 4.78 is 0. The molecule has 2 aromatic carbocycles. The van der Waals surface area contributed by atoms with E-state index < -0.39 is 0 Å². The lowest BCUT2D eigenvalue weighted by molar-refractivity contribution is -0.120. The zero-order chi connectivity index (χ0) is 19.8. The molecule has 1 saturated heterocycles. The molecule has 28 heavy (non-hydrogen) atoms. The van der Waals surface area contributed by atoms with E-state index in [1.165, 1.54) is 16.0 Å². The minimum Gasteiger partial charge on any atom is -0.366 e. The van der Waals surface area contributed by atoms with Crippen molar-refractivity contribution in [3.8, 4) is 0 Å². The van der Waals surface area contributed by atoms with Gasteiger partial charge >= 0.3 is 0 Å². The fourth-order valence-corrected chi connectivity index (χ4v) is 4.02. The monoisotopic (exact) mass is 374 g/mol. The fourth-order valence-electron chi connectivity index (χ4n) is 4.02. The smallest absolute Gasteiger partial charge is 0.282 e. The lowest BCUT2D eigenvalue weighted by Gasteiger charge is -2.20. The summed E-state index contributed by atoms with van der Waals surface area (Å²) in [6.45, 7) is 7.83. The molecule has 2 aromatic rings. The largest absolute Gasteiger partial charge is 0.366 e. The lowest BCUT2D eigenvalue weighted by atomic mass is 9.99. The fraction of sp³-hybridized carbons (Fsp3) is 0.333. The van der Waals surface area contributed by atoms with E-state index in [1.54, 1.807) is 0 Å². The first kappa shape index (κ1) is 18.5. The minimum absolute atomic E-state index is 0.204. The zero-order valence-electron chi connectivity index (χ0n) is 16.8. The molecule has 2 heterocycles. The van der Waals surface area contributed by atoms with Crippen molar-refractivity contribution in [1.29, 1.82) is 0 Å². The Bertz CT molecular complexity index is 967. The Kier molecular flexibility index (Phi) is 4.80. The summed E-state index contributed by atoms with van der Waals surface area (Å²) in [5.41, 5.74) is 6.05. The molecule has 0 bridgehead atoms. The number of carbonyl (C=O) groups is 2. The Balaban J connectivity index is 1.81. The van der Waals surface area contributed by atoms with Crippen molar-refractivity contribution < 1.29 is 9.59 Å². The molecule has 0 unspecified atom stereocenters. The second kappa shape index (κ2) is 7.27. The van der Waals surface area contributed by atoms with Gasteiger partial charge in [-0.15, -0.1) is 0 Å². The van der Waals surface area contributed by atoms with E-state index in [9.17, 15) is 9.59 Å². The van der Waals surface area contributed by atoms with E-state index >= 15 is 0 Å². The van der Waals surface area contributed by atoms with E-state index in [4.69, 9.17) is 0 Å². The quantitative estimate of drug-likeness (QED) is 0.752. The number of rotatable bonds is 4. The van der Waals surface area contributed by atoms with E-state index in [0.29, 0.717) is 17.0 Å². The molecule has 0 saturated carbocycles. The number of nitrogens with zero attached hydrogens (tertiary/aromatic N) is 2. The van der Waals surface area contributed by atoms with Gasteiger partial charge in [-0.05, 0) is 67.5 Å². The van der Waals surface area contributed by atoms with Gasteiger partial charge in [-0.25, -0.2) is 4.90 Å². The van der Waals surface area contributed by atoms with Gasteiger partial charge in [-0.3, -0.25) is 9.59 Å². The van der Waals surface area contributed by atoms with Crippen LogP contribution in [-0.2, 0) is 16.0 Å². The number of aryl methyl sites for hydroxylation is 3. The van der Waals surface area contributed by atoms with Crippen LogP contribution in [0.1, 0.15) is 42.0 Å². The van der Waals surface area contributed by atoms with Crippen molar-refractivity contribution in [1.82, 2.24) is 4.90 Å². The number of carbonyl (C=O) groups excluding carboxylic acids is 2. The van der Waals surface area contributed by atoms with E-state index in [1.807, 2.05) is 49.4 Å². The average molecular weight is 374 g/mol. The maximum absolute atomic E-state index is 13.5. The van der Waals surface area contributed by atoms with Gasteiger partial charge in [0.15, 0.2) is 0 Å². The van der Waals surface area contributed by atoms with Crippen molar-refractivity contribution >= 4 is 23.1 Å². The number of amides is 2. The highest BCUT2D eigenvalue weighted by molar-refractivity contribution is 6.45. The Morgan fingerprint density at radius 1 is 0.857 bits per heavy atom. The van der Waals surface area contributed by atoms with E-state index in [2.05, 4.69) is 18.7 Å². The van der Waals surface area contributed by atoms with Crippen LogP contribution in [-0.4, -0.2) is 29.8 Å². The zero-order valence-corrected chi connectivity index (χ0v) is 16.8. The van der Waals surface area contributed by atoms with Crippen LogP contribution in [0, 0.1) is 13.8 Å². The number of anilines is 1. The van der Waals surface area contributed by atoms with Gasteiger partial charge < -0.3 is 4.90 Å². The van der Waals surface area contributed by atoms with Gasteiger partial charge in [-0.2, -0.15) is 0 Å². The van der Waals surface area contributed by atoms with Crippen LogP contribution >= 0.6 is 0 Å². The normalized spacial score (nSPS) is 17.2. The molecule has 0 radical (unpaired) electrons. The number of likely N-dealkylation sites (tertiary alicyclic amines) is 1. The second-order valence-electron chi connectivity index (χ2n) is 7.68. The first-order valence-electron chi connectivity index (χ1n) is 10.1. The molecule has 0 N–H and O–H groups in total. The first-order chi connectivity index (χ1) is 13.5. The van der Waals surface area contributed by atoms with Crippen molar-refractivity contribution in [3.05, 3.63) is 70.4 Å². The van der Waals surface area contributed by atoms with Crippen LogP contribution in [0.4, 0.5) is 5.69 Å². The molecule has 0 spiro atoms. The summed E-state index contributed by atoms with van der Waals surface area (Å²) in [7, 11) is 0. The summed E-state index contributed by atoms with van der Waals surface area (Å²) >= 11 is 0. The predicted molar refractivity (Wildman–Crippen MR) is 112 cm³/mol. The third-order valence-corrected chi connectivity index (χ3v) is 5.88. The summed E-state index contributed by atoms with van der Waals surface area (Å²) in [6.07, 6.45) is 3.03. The molecular weight excluding hydrogens is 348 g/mol. The van der Waals surface area contributed by atoms with Crippen LogP contribution in [0.25, 0.3) is 5.57 Å². The lowest BCUT2D eigenvalue weighted by Crippen LogP contribution is -2.34. The maximum atomic E-state index is 13.5. The highest BCUT2D eigenvalue weighted by Gasteiger charge is 2.42.